The molecule has 20 heavy (non-hydrogen) atoms. The van der Waals surface area contributed by atoms with Crippen LogP contribution in [0, 0.1) is 0 Å². The van der Waals surface area contributed by atoms with Gasteiger partial charge >= 0.3 is 0 Å². The first kappa shape index (κ1) is 12.8. The average molecular weight is 262 g/mol. The van der Waals surface area contributed by atoms with E-state index >= 15 is 0 Å². The number of rotatable bonds is 3. The Labute approximate surface area is 119 Å². The zero-order valence-corrected chi connectivity index (χ0v) is 11.8. The fraction of sp³-hybridized carbons (Fsp3) is 0.167. The Balaban J connectivity index is 2.26. The molecule has 1 heterocycles. The summed E-state index contributed by atoms with van der Waals surface area (Å²) >= 11 is 0. The van der Waals surface area contributed by atoms with Crippen molar-refractivity contribution in [3.05, 3.63) is 66.5 Å². The van der Waals surface area contributed by atoms with Gasteiger partial charge in [-0.05, 0) is 30.5 Å². The molecule has 0 bridgehead atoms. The molecule has 0 radical (unpaired) electrons. The van der Waals surface area contributed by atoms with Crippen LogP contribution in [0.25, 0.3) is 21.9 Å². The first-order chi connectivity index (χ1) is 9.81. The molecule has 0 aliphatic heterocycles. The van der Waals surface area contributed by atoms with Crippen LogP contribution in [0.4, 0.5) is 0 Å². The molecule has 2 aromatic carbocycles. The minimum Gasteiger partial charge on any atom is -0.313 e. The molecular weight excluding hydrogens is 244 g/mol. The highest BCUT2D eigenvalue weighted by Crippen LogP contribution is 2.32. The zero-order valence-electron chi connectivity index (χ0n) is 11.8. The third-order valence-corrected chi connectivity index (χ3v) is 3.82. The summed E-state index contributed by atoms with van der Waals surface area (Å²) in [5, 5.41) is 5.75. The number of aromatic nitrogens is 1. The van der Waals surface area contributed by atoms with Crippen molar-refractivity contribution < 1.29 is 0 Å². The van der Waals surface area contributed by atoms with Crippen molar-refractivity contribution in [2.75, 3.05) is 7.05 Å². The largest absolute Gasteiger partial charge is 0.313 e. The van der Waals surface area contributed by atoms with Gasteiger partial charge < -0.3 is 5.32 Å². The highest BCUT2D eigenvalue weighted by molar-refractivity contribution is 5.96. The first-order valence-corrected chi connectivity index (χ1v) is 6.90. The van der Waals surface area contributed by atoms with Gasteiger partial charge in [0.05, 0.1) is 0 Å². The lowest BCUT2D eigenvalue weighted by molar-refractivity contribution is 0.654. The van der Waals surface area contributed by atoms with E-state index in [-0.39, 0.29) is 0 Å². The molecule has 0 aliphatic carbocycles. The Morgan fingerprint density at radius 1 is 0.900 bits per heavy atom. The number of benzene rings is 2. The van der Waals surface area contributed by atoms with E-state index < -0.39 is 0 Å². The molecule has 0 saturated heterocycles. The van der Waals surface area contributed by atoms with E-state index in [0.29, 0.717) is 6.04 Å². The highest BCUT2D eigenvalue weighted by atomic mass is 14.9. The zero-order chi connectivity index (χ0) is 13.9. The summed E-state index contributed by atoms with van der Waals surface area (Å²) in [7, 11) is 1.99. The lowest BCUT2D eigenvalue weighted by Gasteiger charge is -2.17. The molecule has 0 spiro atoms. The monoisotopic (exact) mass is 262 g/mol. The Morgan fingerprint density at radius 3 is 2.50 bits per heavy atom. The summed E-state index contributed by atoms with van der Waals surface area (Å²) in [6.07, 6.45) is 3.88. The number of hydrogen-bond acceptors (Lipinski definition) is 2. The molecule has 0 amide bonds. The quantitative estimate of drug-likeness (QED) is 0.766. The predicted octanol–water partition coefficient (Wildman–Crippen LogP) is 4.18. The molecule has 1 aromatic heterocycles. The fourth-order valence-corrected chi connectivity index (χ4v) is 2.61. The van der Waals surface area contributed by atoms with Crippen LogP contribution in [-0.4, -0.2) is 12.0 Å². The molecule has 0 fully saturated rings. The Kier molecular flexibility index (Phi) is 3.48. The van der Waals surface area contributed by atoms with E-state index in [1.807, 2.05) is 19.4 Å². The fourth-order valence-electron chi connectivity index (χ4n) is 2.61. The van der Waals surface area contributed by atoms with Gasteiger partial charge in [-0.15, -0.1) is 0 Å². The van der Waals surface area contributed by atoms with Crippen LogP contribution in [0.1, 0.15) is 18.5 Å². The molecule has 1 unspecified atom stereocenters. The third kappa shape index (κ3) is 2.19. The SMILES string of the molecule is CNC(C)c1ccccc1-c1cncc2ccccc12. The summed E-state index contributed by atoms with van der Waals surface area (Å²) < 4.78 is 0. The van der Waals surface area contributed by atoms with Gasteiger partial charge in [-0.2, -0.15) is 0 Å². The van der Waals surface area contributed by atoms with Crippen LogP contribution in [0.3, 0.4) is 0 Å². The van der Waals surface area contributed by atoms with Crippen molar-refractivity contribution in [2.45, 2.75) is 13.0 Å². The van der Waals surface area contributed by atoms with Crippen molar-refractivity contribution in [1.29, 1.82) is 0 Å². The van der Waals surface area contributed by atoms with Crippen molar-refractivity contribution in [3.8, 4) is 11.1 Å². The normalized spacial score (nSPS) is 12.5. The number of pyridine rings is 1. The standard InChI is InChI=1S/C18H18N2/c1-13(19-2)15-8-5-6-10-17(15)18-12-20-11-14-7-3-4-9-16(14)18/h3-13,19H,1-2H3. The van der Waals surface area contributed by atoms with E-state index in [2.05, 4.69) is 65.8 Å². The second-order valence-electron chi connectivity index (χ2n) is 5.01. The van der Waals surface area contributed by atoms with Gasteiger partial charge in [-0.1, -0.05) is 48.5 Å². The van der Waals surface area contributed by atoms with Crippen molar-refractivity contribution in [2.24, 2.45) is 0 Å². The van der Waals surface area contributed by atoms with Crippen LogP contribution in [0.2, 0.25) is 0 Å². The summed E-state index contributed by atoms with van der Waals surface area (Å²) in [5.74, 6) is 0. The molecule has 0 saturated carbocycles. The maximum atomic E-state index is 4.40. The molecule has 2 heteroatoms. The highest BCUT2D eigenvalue weighted by Gasteiger charge is 2.12. The average Bonchev–Trinajstić information content (AvgIpc) is 2.53. The van der Waals surface area contributed by atoms with Gasteiger partial charge in [-0.3, -0.25) is 4.98 Å². The van der Waals surface area contributed by atoms with Gasteiger partial charge in [-0.25, -0.2) is 0 Å². The van der Waals surface area contributed by atoms with Crippen LogP contribution in [0.5, 0.6) is 0 Å². The Morgan fingerprint density at radius 2 is 1.65 bits per heavy atom. The summed E-state index contributed by atoms with van der Waals surface area (Å²) in [6, 6.07) is 17.2. The number of fused-ring (bicyclic) bond motifs is 1. The third-order valence-electron chi connectivity index (χ3n) is 3.82. The smallest absolute Gasteiger partial charge is 0.0352 e. The second-order valence-corrected chi connectivity index (χ2v) is 5.01. The predicted molar refractivity (Wildman–Crippen MR) is 84.7 cm³/mol. The molecule has 2 nitrogen and oxygen atoms in total. The minimum absolute atomic E-state index is 0.310. The maximum absolute atomic E-state index is 4.40. The van der Waals surface area contributed by atoms with Crippen LogP contribution >= 0.6 is 0 Å². The maximum Gasteiger partial charge on any atom is 0.0352 e. The first-order valence-electron chi connectivity index (χ1n) is 6.90. The van der Waals surface area contributed by atoms with Crippen LogP contribution in [0.15, 0.2) is 60.9 Å². The van der Waals surface area contributed by atoms with Crippen LogP contribution < -0.4 is 5.32 Å². The summed E-state index contributed by atoms with van der Waals surface area (Å²) in [5.41, 5.74) is 3.74. The van der Waals surface area contributed by atoms with Crippen molar-refractivity contribution in [1.82, 2.24) is 10.3 Å². The van der Waals surface area contributed by atoms with Crippen molar-refractivity contribution >= 4 is 10.8 Å². The second kappa shape index (κ2) is 5.43. The Hall–Kier alpha value is -2.19. The lowest BCUT2D eigenvalue weighted by Crippen LogP contribution is -2.13. The summed E-state index contributed by atoms with van der Waals surface area (Å²) in [4.78, 5) is 4.40. The molecule has 100 valence electrons. The van der Waals surface area contributed by atoms with E-state index in [1.54, 1.807) is 0 Å². The van der Waals surface area contributed by atoms with Gasteiger partial charge in [0.25, 0.3) is 0 Å². The Bertz CT molecular complexity index is 729. The molecule has 3 aromatic rings. The van der Waals surface area contributed by atoms with Gasteiger partial charge in [0.1, 0.15) is 0 Å². The molecule has 3 rings (SSSR count). The topological polar surface area (TPSA) is 24.9 Å². The summed E-state index contributed by atoms with van der Waals surface area (Å²) in [6.45, 7) is 2.18. The van der Waals surface area contributed by atoms with Gasteiger partial charge in [0.2, 0.25) is 0 Å². The van der Waals surface area contributed by atoms with E-state index in [0.717, 1.165) is 0 Å². The van der Waals surface area contributed by atoms with E-state index in [1.165, 1.54) is 27.5 Å². The minimum atomic E-state index is 0.310. The van der Waals surface area contributed by atoms with Crippen LogP contribution in [-0.2, 0) is 0 Å². The number of nitrogens with one attached hydrogen (secondary N) is 1. The van der Waals surface area contributed by atoms with E-state index in [9.17, 15) is 0 Å². The van der Waals surface area contributed by atoms with E-state index in [4.69, 9.17) is 0 Å². The van der Waals surface area contributed by atoms with Gasteiger partial charge in [0, 0.05) is 29.4 Å². The molecule has 1 atom stereocenters. The molecule has 1 N–H and O–H groups in total. The number of nitrogens with zero attached hydrogens (tertiary/aromatic N) is 1. The van der Waals surface area contributed by atoms with Gasteiger partial charge in [0.15, 0.2) is 0 Å². The molecule has 0 aliphatic rings. The lowest BCUT2D eigenvalue weighted by atomic mass is 9.93. The molecular formula is C18H18N2. The number of hydrogen-bond donors (Lipinski definition) is 1. The van der Waals surface area contributed by atoms with Crippen molar-refractivity contribution in [3.63, 3.8) is 0 Å².